The van der Waals surface area contributed by atoms with Crippen LogP contribution >= 0.6 is 0 Å². The summed E-state index contributed by atoms with van der Waals surface area (Å²) < 4.78 is 5.12. The molecular weight excluding hydrogens is 244 g/mol. The second-order valence-corrected chi connectivity index (χ2v) is 4.28. The van der Waals surface area contributed by atoms with Gasteiger partial charge in [0, 0.05) is 17.5 Å². The monoisotopic (exact) mass is 260 g/mol. The van der Waals surface area contributed by atoms with Crippen molar-refractivity contribution in [3.05, 3.63) is 65.2 Å². The average Bonchev–Trinajstić information content (AvgIpc) is 2.52. The predicted octanol–water partition coefficient (Wildman–Crippen LogP) is 3.66. The molecule has 0 unspecified atom stereocenters. The van der Waals surface area contributed by atoms with Crippen LogP contribution in [0, 0.1) is 23.7 Å². The maximum atomic E-state index is 5.12. The summed E-state index contributed by atoms with van der Waals surface area (Å²) in [5.74, 6) is 13.1. The third-order valence-electron chi connectivity index (χ3n) is 2.86. The predicted molar refractivity (Wildman–Crippen MR) is 82.6 cm³/mol. The van der Waals surface area contributed by atoms with Gasteiger partial charge in [0.25, 0.3) is 0 Å². The van der Waals surface area contributed by atoms with Gasteiger partial charge in [-0.25, -0.2) is 0 Å². The summed E-state index contributed by atoms with van der Waals surface area (Å²) in [7, 11) is 1.66. The van der Waals surface area contributed by atoms with Gasteiger partial charge in [-0.05, 0) is 48.9 Å². The minimum absolute atomic E-state index is 0.794. The Morgan fingerprint density at radius 2 is 1.40 bits per heavy atom. The fraction of sp³-hybridized carbons (Fsp3) is 0.158. The van der Waals surface area contributed by atoms with Gasteiger partial charge in [-0.3, -0.25) is 0 Å². The molecule has 0 aliphatic heterocycles. The summed E-state index contributed by atoms with van der Waals surface area (Å²) in [4.78, 5) is 0. The number of hydrogen-bond donors (Lipinski definition) is 0. The first-order chi connectivity index (χ1) is 9.81. The maximum absolute atomic E-state index is 5.12. The van der Waals surface area contributed by atoms with Crippen LogP contribution in [0.1, 0.15) is 23.6 Å². The van der Waals surface area contributed by atoms with Crippen molar-refractivity contribution >= 4 is 0 Å². The van der Waals surface area contributed by atoms with Crippen LogP contribution in [0.4, 0.5) is 0 Å². The van der Waals surface area contributed by atoms with Crippen molar-refractivity contribution in [3.63, 3.8) is 0 Å². The maximum Gasteiger partial charge on any atom is 0.118 e. The standard InChI is InChI=1S/C19H16O/c1-3-4-5-16-6-8-17(9-7-16)10-11-18-12-14-19(20-2)15-13-18/h6-9,12-15H,5H2,1-2H3. The average molecular weight is 260 g/mol. The fourth-order valence-corrected chi connectivity index (χ4v) is 1.72. The minimum Gasteiger partial charge on any atom is -0.497 e. The summed E-state index contributed by atoms with van der Waals surface area (Å²) in [6.07, 6.45) is 0.794. The van der Waals surface area contributed by atoms with E-state index in [1.165, 1.54) is 5.56 Å². The lowest BCUT2D eigenvalue weighted by Crippen LogP contribution is -1.83. The molecule has 0 radical (unpaired) electrons. The van der Waals surface area contributed by atoms with Crippen LogP contribution in [0.25, 0.3) is 0 Å². The molecule has 0 spiro atoms. The topological polar surface area (TPSA) is 9.23 Å². The van der Waals surface area contributed by atoms with Gasteiger partial charge in [-0.1, -0.05) is 29.9 Å². The van der Waals surface area contributed by atoms with E-state index in [1.54, 1.807) is 7.11 Å². The Morgan fingerprint density at radius 3 is 1.90 bits per heavy atom. The first kappa shape index (κ1) is 13.8. The van der Waals surface area contributed by atoms with Gasteiger partial charge in [0.05, 0.1) is 7.11 Å². The van der Waals surface area contributed by atoms with E-state index in [0.717, 1.165) is 23.3 Å². The number of hydrogen-bond acceptors (Lipinski definition) is 1. The zero-order valence-corrected chi connectivity index (χ0v) is 11.7. The van der Waals surface area contributed by atoms with Gasteiger partial charge < -0.3 is 4.74 Å². The first-order valence-electron chi connectivity index (χ1n) is 6.46. The summed E-state index contributed by atoms with van der Waals surface area (Å²) >= 11 is 0. The molecule has 0 heterocycles. The molecule has 1 heteroatoms. The van der Waals surface area contributed by atoms with Crippen molar-refractivity contribution in [3.8, 4) is 29.4 Å². The van der Waals surface area contributed by atoms with Gasteiger partial charge >= 0.3 is 0 Å². The van der Waals surface area contributed by atoms with Crippen LogP contribution in [0.5, 0.6) is 5.75 Å². The second kappa shape index (κ2) is 7.07. The van der Waals surface area contributed by atoms with Crippen molar-refractivity contribution in [1.29, 1.82) is 0 Å². The molecule has 0 aliphatic rings. The molecular formula is C19H16O. The molecule has 2 rings (SSSR count). The highest BCUT2D eigenvalue weighted by Crippen LogP contribution is 2.10. The Morgan fingerprint density at radius 1 is 0.850 bits per heavy atom. The molecule has 0 N–H and O–H groups in total. The third-order valence-corrected chi connectivity index (χ3v) is 2.86. The Kier molecular flexibility index (Phi) is 4.87. The number of methoxy groups -OCH3 is 1. The van der Waals surface area contributed by atoms with E-state index in [4.69, 9.17) is 4.74 Å². The molecule has 0 aromatic heterocycles. The number of rotatable bonds is 2. The van der Waals surface area contributed by atoms with E-state index >= 15 is 0 Å². The van der Waals surface area contributed by atoms with Crippen LogP contribution in [0.2, 0.25) is 0 Å². The molecule has 0 saturated heterocycles. The van der Waals surface area contributed by atoms with Gasteiger partial charge in [0.1, 0.15) is 5.75 Å². The summed E-state index contributed by atoms with van der Waals surface area (Å²) in [6, 6.07) is 15.9. The quantitative estimate of drug-likeness (QED) is 0.749. The molecule has 20 heavy (non-hydrogen) atoms. The van der Waals surface area contributed by atoms with Crippen LogP contribution in [0.15, 0.2) is 48.5 Å². The highest BCUT2D eigenvalue weighted by atomic mass is 16.5. The molecule has 1 nitrogen and oxygen atoms in total. The fourth-order valence-electron chi connectivity index (χ4n) is 1.72. The Hall–Kier alpha value is -2.64. The van der Waals surface area contributed by atoms with Crippen LogP contribution in [0.3, 0.4) is 0 Å². The highest BCUT2D eigenvalue weighted by molar-refractivity contribution is 5.45. The largest absolute Gasteiger partial charge is 0.497 e. The van der Waals surface area contributed by atoms with E-state index < -0.39 is 0 Å². The molecule has 98 valence electrons. The van der Waals surface area contributed by atoms with Gasteiger partial charge in [-0.15, -0.1) is 5.92 Å². The van der Waals surface area contributed by atoms with E-state index in [-0.39, 0.29) is 0 Å². The van der Waals surface area contributed by atoms with Gasteiger partial charge in [0.15, 0.2) is 0 Å². The molecule has 2 aromatic rings. The smallest absolute Gasteiger partial charge is 0.118 e. The van der Waals surface area contributed by atoms with Gasteiger partial charge in [0.2, 0.25) is 0 Å². The van der Waals surface area contributed by atoms with Crippen LogP contribution in [-0.2, 0) is 6.42 Å². The van der Waals surface area contributed by atoms with Crippen LogP contribution in [-0.4, -0.2) is 7.11 Å². The Labute approximate surface area is 120 Å². The second-order valence-electron chi connectivity index (χ2n) is 4.28. The third kappa shape index (κ3) is 3.94. The van der Waals surface area contributed by atoms with E-state index in [1.807, 2.05) is 43.3 Å². The lowest BCUT2D eigenvalue weighted by molar-refractivity contribution is 0.415. The molecule has 0 atom stereocenters. The van der Waals surface area contributed by atoms with Crippen molar-refractivity contribution in [2.75, 3.05) is 7.11 Å². The summed E-state index contributed by atoms with van der Waals surface area (Å²) in [5, 5.41) is 0. The number of benzene rings is 2. The van der Waals surface area contributed by atoms with Crippen molar-refractivity contribution in [2.24, 2.45) is 0 Å². The molecule has 0 saturated carbocycles. The lowest BCUT2D eigenvalue weighted by Gasteiger charge is -1.98. The summed E-state index contributed by atoms with van der Waals surface area (Å²) in [5.41, 5.74) is 3.20. The zero-order valence-electron chi connectivity index (χ0n) is 11.7. The minimum atomic E-state index is 0.794. The Bertz CT molecular complexity index is 671. The van der Waals surface area contributed by atoms with Gasteiger partial charge in [-0.2, -0.15) is 0 Å². The molecule has 0 fully saturated rings. The lowest BCUT2D eigenvalue weighted by atomic mass is 10.1. The SMILES string of the molecule is CC#CCc1ccc(C#Cc2ccc(OC)cc2)cc1. The van der Waals surface area contributed by atoms with E-state index in [2.05, 4.69) is 35.8 Å². The molecule has 0 amide bonds. The van der Waals surface area contributed by atoms with Crippen molar-refractivity contribution < 1.29 is 4.74 Å². The molecule has 2 aromatic carbocycles. The van der Waals surface area contributed by atoms with E-state index in [9.17, 15) is 0 Å². The number of ether oxygens (including phenoxy) is 1. The molecule has 0 aliphatic carbocycles. The normalized spacial score (nSPS) is 8.90. The molecule has 0 bridgehead atoms. The highest BCUT2D eigenvalue weighted by Gasteiger charge is 1.92. The summed E-state index contributed by atoms with van der Waals surface area (Å²) in [6.45, 7) is 1.86. The zero-order chi connectivity index (χ0) is 14.2. The van der Waals surface area contributed by atoms with Crippen molar-refractivity contribution in [2.45, 2.75) is 13.3 Å². The van der Waals surface area contributed by atoms with E-state index in [0.29, 0.717) is 0 Å². The Balaban J connectivity index is 2.08. The van der Waals surface area contributed by atoms with Crippen molar-refractivity contribution in [1.82, 2.24) is 0 Å². The first-order valence-corrected chi connectivity index (χ1v) is 6.46. The van der Waals surface area contributed by atoms with Crippen LogP contribution < -0.4 is 4.74 Å².